The molecule has 1 aromatic carbocycles. The van der Waals surface area contributed by atoms with Gasteiger partial charge in [0.15, 0.2) is 0 Å². The lowest BCUT2D eigenvalue weighted by Gasteiger charge is -2.07. The van der Waals surface area contributed by atoms with Crippen LogP contribution >= 0.6 is 0 Å². The molecule has 0 aliphatic heterocycles. The number of pyridine rings is 1. The fourth-order valence-corrected chi connectivity index (χ4v) is 1.43. The van der Waals surface area contributed by atoms with Gasteiger partial charge in [0.2, 0.25) is 5.88 Å². The van der Waals surface area contributed by atoms with E-state index in [1.165, 1.54) is 18.3 Å². The molecule has 2 amide bonds. The average Bonchev–Trinajstić information content (AvgIpc) is 2.54. The van der Waals surface area contributed by atoms with Crippen molar-refractivity contribution < 1.29 is 23.1 Å². The van der Waals surface area contributed by atoms with Gasteiger partial charge in [-0.15, -0.1) is 0 Å². The van der Waals surface area contributed by atoms with E-state index >= 15 is 0 Å². The average molecular weight is 307 g/mol. The van der Waals surface area contributed by atoms with Gasteiger partial charge in [-0.3, -0.25) is 20.4 Å². The van der Waals surface area contributed by atoms with Crippen LogP contribution in [0.25, 0.3) is 0 Å². The summed E-state index contributed by atoms with van der Waals surface area (Å²) in [6, 6.07) is 11.7. The molecule has 114 valence electrons. The van der Waals surface area contributed by atoms with Crippen molar-refractivity contribution in [1.82, 2.24) is 15.8 Å². The zero-order chi connectivity index (χ0) is 15.9. The number of nitrogens with zero attached hydrogens (tertiary/aromatic N) is 1. The minimum Gasteiger partial charge on any atom is -0.439 e. The molecule has 0 saturated carbocycles. The number of halogens is 2. The summed E-state index contributed by atoms with van der Waals surface area (Å²) in [5.74, 6) is -1.52. The number of carbonyl (C=O) groups excluding carboxylic acids is 2. The Balaban J connectivity index is 1.94. The number of nitrogens with one attached hydrogen (secondary N) is 2. The van der Waals surface area contributed by atoms with Crippen LogP contribution in [0.5, 0.6) is 11.6 Å². The molecule has 0 aliphatic rings. The van der Waals surface area contributed by atoms with Crippen LogP contribution in [0, 0.1) is 0 Å². The molecule has 0 atom stereocenters. The number of amides is 2. The summed E-state index contributed by atoms with van der Waals surface area (Å²) in [4.78, 5) is 26.1. The molecule has 0 saturated heterocycles. The Labute approximate surface area is 124 Å². The van der Waals surface area contributed by atoms with Crippen LogP contribution < -0.4 is 15.6 Å². The third-order valence-corrected chi connectivity index (χ3v) is 2.46. The standard InChI is InChI=1S/C14H11F2N3O3/c15-12(16)14(21)19-18-13(20)9-6-7-11(17-8-9)22-10-4-2-1-3-5-10/h1-8,12H,(H,18,20)(H,19,21). The molecule has 0 aliphatic carbocycles. The van der Waals surface area contributed by atoms with Gasteiger partial charge < -0.3 is 4.74 Å². The van der Waals surface area contributed by atoms with Crippen molar-refractivity contribution in [3.8, 4) is 11.6 Å². The molecule has 0 spiro atoms. The van der Waals surface area contributed by atoms with E-state index in [9.17, 15) is 18.4 Å². The molecule has 8 heteroatoms. The Kier molecular flexibility index (Phi) is 4.97. The van der Waals surface area contributed by atoms with Crippen LogP contribution in [0.2, 0.25) is 0 Å². The highest BCUT2D eigenvalue weighted by molar-refractivity contribution is 5.95. The molecule has 2 aromatic rings. The second-order valence-electron chi connectivity index (χ2n) is 4.04. The minimum atomic E-state index is -3.21. The van der Waals surface area contributed by atoms with E-state index in [0.29, 0.717) is 5.75 Å². The Morgan fingerprint density at radius 2 is 1.77 bits per heavy atom. The largest absolute Gasteiger partial charge is 0.439 e. The van der Waals surface area contributed by atoms with Gasteiger partial charge in [0.1, 0.15) is 5.75 Å². The number of aromatic nitrogens is 1. The Morgan fingerprint density at radius 3 is 2.36 bits per heavy atom. The zero-order valence-corrected chi connectivity index (χ0v) is 11.1. The van der Waals surface area contributed by atoms with E-state index in [-0.39, 0.29) is 11.4 Å². The molecule has 1 heterocycles. The summed E-state index contributed by atoms with van der Waals surface area (Å²) in [7, 11) is 0. The molecule has 2 N–H and O–H groups in total. The van der Waals surface area contributed by atoms with Crippen molar-refractivity contribution >= 4 is 11.8 Å². The van der Waals surface area contributed by atoms with Crippen LogP contribution in [-0.2, 0) is 4.79 Å². The minimum absolute atomic E-state index is 0.0787. The predicted octanol–water partition coefficient (Wildman–Crippen LogP) is 1.90. The number of ether oxygens (including phenoxy) is 1. The summed E-state index contributed by atoms with van der Waals surface area (Å²) in [6.07, 6.45) is -2.01. The molecule has 6 nitrogen and oxygen atoms in total. The van der Waals surface area contributed by atoms with Crippen molar-refractivity contribution in [1.29, 1.82) is 0 Å². The van der Waals surface area contributed by atoms with Crippen molar-refractivity contribution in [2.45, 2.75) is 6.43 Å². The van der Waals surface area contributed by atoms with Crippen LogP contribution in [0.4, 0.5) is 8.78 Å². The quantitative estimate of drug-likeness (QED) is 0.845. The number of carbonyl (C=O) groups is 2. The normalized spacial score (nSPS) is 10.1. The first-order valence-electron chi connectivity index (χ1n) is 6.13. The summed E-state index contributed by atoms with van der Waals surface area (Å²) in [5, 5.41) is 0. The van der Waals surface area contributed by atoms with Crippen molar-refractivity contribution in [3.63, 3.8) is 0 Å². The Bertz CT molecular complexity index is 648. The van der Waals surface area contributed by atoms with Gasteiger partial charge in [-0.2, -0.15) is 8.78 Å². The third kappa shape index (κ3) is 4.23. The smallest absolute Gasteiger partial charge is 0.317 e. The number of para-hydroxylation sites is 1. The number of hydrazine groups is 1. The number of benzene rings is 1. The highest BCUT2D eigenvalue weighted by Crippen LogP contribution is 2.18. The van der Waals surface area contributed by atoms with E-state index in [2.05, 4.69) is 4.98 Å². The fourth-order valence-electron chi connectivity index (χ4n) is 1.43. The highest BCUT2D eigenvalue weighted by Gasteiger charge is 2.16. The van der Waals surface area contributed by atoms with Gasteiger partial charge in [-0.25, -0.2) is 4.98 Å². The lowest BCUT2D eigenvalue weighted by atomic mass is 10.3. The van der Waals surface area contributed by atoms with Crippen LogP contribution in [0.1, 0.15) is 10.4 Å². The Morgan fingerprint density at radius 1 is 1.05 bits per heavy atom. The van der Waals surface area contributed by atoms with Gasteiger partial charge in [0.05, 0.1) is 5.56 Å². The van der Waals surface area contributed by atoms with Crippen molar-refractivity contribution in [2.75, 3.05) is 0 Å². The van der Waals surface area contributed by atoms with Gasteiger partial charge in [0.25, 0.3) is 5.91 Å². The molecule has 0 fully saturated rings. The third-order valence-electron chi connectivity index (χ3n) is 2.46. The van der Waals surface area contributed by atoms with Crippen LogP contribution in [0.15, 0.2) is 48.7 Å². The number of hydrogen-bond acceptors (Lipinski definition) is 4. The van der Waals surface area contributed by atoms with E-state index in [1.54, 1.807) is 29.7 Å². The molecule has 0 bridgehead atoms. The maximum atomic E-state index is 11.9. The molecule has 22 heavy (non-hydrogen) atoms. The second-order valence-corrected chi connectivity index (χ2v) is 4.04. The monoisotopic (exact) mass is 307 g/mol. The van der Waals surface area contributed by atoms with Gasteiger partial charge >= 0.3 is 12.3 Å². The van der Waals surface area contributed by atoms with E-state index in [0.717, 1.165) is 0 Å². The maximum Gasteiger partial charge on any atom is 0.317 e. The topological polar surface area (TPSA) is 80.3 Å². The molecular weight excluding hydrogens is 296 g/mol. The van der Waals surface area contributed by atoms with Crippen LogP contribution in [0.3, 0.4) is 0 Å². The maximum absolute atomic E-state index is 11.9. The van der Waals surface area contributed by atoms with Crippen molar-refractivity contribution in [2.24, 2.45) is 0 Å². The SMILES string of the molecule is O=C(NNC(=O)C(F)F)c1ccc(Oc2ccccc2)nc1. The lowest BCUT2D eigenvalue weighted by molar-refractivity contribution is -0.132. The molecule has 1 aromatic heterocycles. The number of rotatable bonds is 4. The van der Waals surface area contributed by atoms with Gasteiger partial charge in [-0.05, 0) is 18.2 Å². The number of alkyl halides is 2. The summed E-state index contributed by atoms with van der Waals surface area (Å²) in [5.41, 5.74) is 3.52. The van der Waals surface area contributed by atoms with E-state index in [4.69, 9.17) is 4.74 Å². The molecule has 0 unspecified atom stereocenters. The summed E-state index contributed by atoms with van der Waals surface area (Å²) >= 11 is 0. The molecule has 0 radical (unpaired) electrons. The molecule has 2 rings (SSSR count). The second kappa shape index (κ2) is 7.11. The Hall–Kier alpha value is -3.03. The van der Waals surface area contributed by atoms with Crippen LogP contribution in [-0.4, -0.2) is 23.2 Å². The van der Waals surface area contributed by atoms with Crippen molar-refractivity contribution in [3.05, 3.63) is 54.2 Å². The lowest BCUT2D eigenvalue weighted by Crippen LogP contribution is -2.44. The fraction of sp³-hybridized carbons (Fsp3) is 0.0714. The van der Waals surface area contributed by atoms with E-state index < -0.39 is 18.2 Å². The predicted molar refractivity (Wildman–Crippen MR) is 72.4 cm³/mol. The first kappa shape index (κ1) is 15.4. The first-order chi connectivity index (χ1) is 10.6. The highest BCUT2D eigenvalue weighted by atomic mass is 19.3. The van der Waals surface area contributed by atoms with Gasteiger partial charge in [0, 0.05) is 12.3 Å². The van der Waals surface area contributed by atoms with E-state index in [1.807, 2.05) is 11.5 Å². The van der Waals surface area contributed by atoms with Gasteiger partial charge in [-0.1, -0.05) is 18.2 Å². The zero-order valence-electron chi connectivity index (χ0n) is 11.1. The number of hydrogen-bond donors (Lipinski definition) is 2. The summed E-state index contributed by atoms with van der Waals surface area (Å²) in [6.45, 7) is 0. The molecular formula is C14H11F2N3O3. The first-order valence-corrected chi connectivity index (χ1v) is 6.13. The summed E-state index contributed by atoms with van der Waals surface area (Å²) < 4.78 is 29.3.